The molecule has 2 rings (SSSR count). The second-order valence-electron chi connectivity index (χ2n) is 5.70. The molecule has 5 nitrogen and oxygen atoms in total. The molecule has 0 aliphatic heterocycles. The minimum absolute atomic E-state index is 0.0164. The summed E-state index contributed by atoms with van der Waals surface area (Å²) in [6, 6.07) is 10.7. The van der Waals surface area contributed by atoms with Gasteiger partial charge < -0.3 is 10.1 Å². The van der Waals surface area contributed by atoms with Gasteiger partial charge in [-0.1, -0.05) is 30.7 Å². The van der Waals surface area contributed by atoms with Crippen LogP contribution < -0.4 is 5.32 Å². The molecular weight excluding hydrogens is 374 g/mol. The maximum atomic E-state index is 12.1. The number of benzene rings is 1. The van der Waals surface area contributed by atoms with Crippen molar-refractivity contribution in [2.75, 3.05) is 5.32 Å². The monoisotopic (exact) mass is 393 g/mol. The average molecular weight is 394 g/mol. The van der Waals surface area contributed by atoms with Crippen LogP contribution in [0.15, 0.2) is 36.4 Å². The zero-order valence-electron chi connectivity index (χ0n) is 14.6. The number of carbonyl (C=O) groups excluding carboxylic acids is 3. The van der Waals surface area contributed by atoms with Crippen molar-refractivity contribution in [1.29, 1.82) is 0 Å². The van der Waals surface area contributed by atoms with E-state index in [1.807, 2.05) is 19.1 Å². The van der Waals surface area contributed by atoms with Gasteiger partial charge in [-0.15, -0.1) is 11.3 Å². The lowest BCUT2D eigenvalue weighted by molar-refractivity contribution is -0.153. The quantitative estimate of drug-likeness (QED) is 0.529. The Kier molecular flexibility index (Phi) is 7.36. The maximum absolute atomic E-state index is 12.1. The van der Waals surface area contributed by atoms with Gasteiger partial charge in [-0.2, -0.15) is 0 Å². The van der Waals surface area contributed by atoms with Gasteiger partial charge in [0.2, 0.25) is 0 Å². The molecule has 0 aliphatic carbocycles. The third-order valence-corrected chi connectivity index (χ3v) is 4.98. The van der Waals surface area contributed by atoms with Crippen molar-refractivity contribution in [3.05, 3.63) is 51.2 Å². The van der Waals surface area contributed by atoms with Crippen LogP contribution in [0.25, 0.3) is 0 Å². The van der Waals surface area contributed by atoms with Gasteiger partial charge in [0.15, 0.2) is 11.9 Å². The number of esters is 1. The van der Waals surface area contributed by atoms with E-state index in [-0.39, 0.29) is 18.6 Å². The topological polar surface area (TPSA) is 72.5 Å². The number of halogens is 1. The molecule has 0 saturated heterocycles. The predicted molar refractivity (Wildman–Crippen MR) is 103 cm³/mol. The minimum atomic E-state index is -0.945. The molecule has 26 heavy (non-hydrogen) atoms. The van der Waals surface area contributed by atoms with E-state index in [0.29, 0.717) is 14.9 Å². The van der Waals surface area contributed by atoms with Crippen LogP contribution in [0.1, 0.15) is 41.9 Å². The Hall–Kier alpha value is -2.18. The van der Waals surface area contributed by atoms with Gasteiger partial charge in [0.25, 0.3) is 5.91 Å². The Labute approximate surface area is 161 Å². The van der Waals surface area contributed by atoms with Crippen molar-refractivity contribution >= 4 is 46.3 Å². The molecule has 1 unspecified atom stereocenters. The summed E-state index contributed by atoms with van der Waals surface area (Å²) >= 11 is 6.95. The molecule has 1 aromatic heterocycles. The summed E-state index contributed by atoms with van der Waals surface area (Å²) < 4.78 is 5.62. The number of hydrogen-bond acceptors (Lipinski definition) is 5. The molecule has 1 heterocycles. The molecule has 2 aromatic rings. The number of rotatable bonds is 8. The lowest BCUT2D eigenvalue weighted by Crippen LogP contribution is -2.30. The van der Waals surface area contributed by atoms with Crippen LogP contribution in [0.3, 0.4) is 0 Å². The zero-order valence-corrected chi connectivity index (χ0v) is 16.2. The van der Waals surface area contributed by atoms with Gasteiger partial charge in [0, 0.05) is 12.1 Å². The average Bonchev–Trinajstić information content (AvgIpc) is 3.06. The number of Topliss-reactive ketones (excluding diaryl/α,β-unsaturated/α-hetero) is 1. The number of aryl methyl sites for hydroxylation is 1. The fourth-order valence-corrected chi connectivity index (χ4v) is 3.19. The van der Waals surface area contributed by atoms with Crippen molar-refractivity contribution < 1.29 is 19.1 Å². The number of hydrogen-bond donors (Lipinski definition) is 1. The van der Waals surface area contributed by atoms with E-state index in [4.69, 9.17) is 16.3 Å². The van der Waals surface area contributed by atoms with Crippen LogP contribution in [0.2, 0.25) is 4.34 Å². The first-order valence-electron chi connectivity index (χ1n) is 8.27. The number of ether oxygens (including phenoxy) is 1. The number of amides is 1. The predicted octanol–water partition coefficient (Wildman–Crippen LogP) is 4.50. The van der Waals surface area contributed by atoms with Gasteiger partial charge >= 0.3 is 5.97 Å². The van der Waals surface area contributed by atoms with Crippen LogP contribution in [0, 0.1) is 0 Å². The van der Waals surface area contributed by atoms with Gasteiger partial charge in [-0.25, -0.2) is 0 Å². The molecule has 1 amide bonds. The Morgan fingerprint density at radius 2 is 1.81 bits per heavy atom. The summed E-state index contributed by atoms with van der Waals surface area (Å²) in [5, 5.41) is 2.70. The van der Waals surface area contributed by atoms with Crippen molar-refractivity contribution in [3.8, 4) is 0 Å². The lowest BCUT2D eigenvalue weighted by Gasteiger charge is -2.13. The SMILES string of the molecule is CCc1ccc(NC(=O)C(C)OC(=O)CCC(=O)c2ccc(Cl)s2)cc1. The summed E-state index contributed by atoms with van der Waals surface area (Å²) in [6.07, 6.45) is -0.0992. The molecule has 0 fully saturated rings. The van der Waals surface area contributed by atoms with E-state index in [0.717, 1.165) is 6.42 Å². The summed E-state index contributed by atoms with van der Waals surface area (Å²) in [4.78, 5) is 36.4. The maximum Gasteiger partial charge on any atom is 0.307 e. The van der Waals surface area contributed by atoms with Crippen molar-refractivity contribution in [3.63, 3.8) is 0 Å². The minimum Gasteiger partial charge on any atom is -0.453 e. The van der Waals surface area contributed by atoms with Crippen LogP contribution in [-0.4, -0.2) is 23.8 Å². The van der Waals surface area contributed by atoms with E-state index in [2.05, 4.69) is 5.32 Å². The number of thiophene rings is 1. The molecule has 0 saturated carbocycles. The summed E-state index contributed by atoms with van der Waals surface area (Å²) in [7, 11) is 0. The fourth-order valence-electron chi connectivity index (χ4n) is 2.18. The Morgan fingerprint density at radius 3 is 2.38 bits per heavy atom. The van der Waals surface area contributed by atoms with E-state index in [1.165, 1.54) is 23.8 Å². The summed E-state index contributed by atoms with van der Waals surface area (Å²) in [6.45, 7) is 3.54. The molecule has 1 atom stereocenters. The second kappa shape index (κ2) is 9.50. The van der Waals surface area contributed by atoms with Gasteiger partial charge in [-0.05, 0) is 43.2 Å². The van der Waals surface area contributed by atoms with Crippen LogP contribution in [0.5, 0.6) is 0 Å². The van der Waals surface area contributed by atoms with Gasteiger partial charge in [0.1, 0.15) is 0 Å². The van der Waals surface area contributed by atoms with Crippen LogP contribution in [-0.2, 0) is 20.7 Å². The number of anilines is 1. The van der Waals surface area contributed by atoms with Gasteiger partial charge in [-0.3, -0.25) is 14.4 Å². The summed E-state index contributed by atoms with van der Waals surface area (Å²) in [5.74, 6) is -1.18. The third kappa shape index (κ3) is 5.97. The Morgan fingerprint density at radius 1 is 1.12 bits per heavy atom. The van der Waals surface area contributed by atoms with Crippen LogP contribution in [0.4, 0.5) is 5.69 Å². The molecule has 1 N–H and O–H groups in total. The van der Waals surface area contributed by atoms with E-state index >= 15 is 0 Å². The highest BCUT2D eigenvalue weighted by molar-refractivity contribution is 7.18. The normalized spacial score (nSPS) is 11.7. The molecule has 0 radical (unpaired) electrons. The number of ketones is 1. The highest BCUT2D eigenvalue weighted by Crippen LogP contribution is 2.23. The third-order valence-electron chi connectivity index (χ3n) is 3.71. The molecule has 138 valence electrons. The van der Waals surface area contributed by atoms with Crippen molar-refractivity contribution in [2.24, 2.45) is 0 Å². The first-order chi connectivity index (χ1) is 12.4. The Balaban J connectivity index is 1.78. The first-order valence-corrected chi connectivity index (χ1v) is 9.46. The molecular formula is C19H20ClNO4S. The Bertz CT molecular complexity index is 785. The fraction of sp³-hybridized carbons (Fsp3) is 0.316. The molecule has 0 bridgehead atoms. The summed E-state index contributed by atoms with van der Waals surface area (Å²) in [5.41, 5.74) is 1.80. The molecule has 0 aliphatic rings. The van der Waals surface area contributed by atoms with E-state index in [9.17, 15) is 14.4 Å². The lowest BCUT2D eigenvalue weighted by atomic mass is 10.1. The number of carbonyl (C=O) groups is 3. The van der Waals surface area contributed by atoms with Crippen molar-refractivity contribution in [2.45, 2.75) is 39.2 Å². The highest BCUT2D eigenvalue weighted by atomic mass is 35.5. The van der Waals surface area contributed by atoms with E-state index in [1.54, 1.807) is 24.3 Å². The van der Waals surface area contributed by atoms with E-state index < -0.39 is 18.0 Å². The molecule has 7 heteroatoms. The number of nitrogens with one attached hydrogen (secondary N) is 1. The van der Waals surface area contributed by atoms with Gasteiger partial charge in [0.05, 0.1) is 15.6 Å². The van der Waals surface area contributed by atoms with Crippen LogP contribution >= 0.6 is 22.9 Å². The van der Waals surface area contributed by atoms with Crippen molar-refractivity contribution in [1.82, 2.24) is 0 Å². The molecule has 1 aromatic carbocycles. The smallest absolute Gasteiger partial charge is 0.307 e. The second-order valence-corrected chi connectivity index (χ2v) is 7.41. The highest BCUT2D eigenvalue weighted by Gasteiger charge is 2.19. The zero-order chi connectivity index (χ0) is 19.1. The molecule has 0 spiro atoms. The largest absolute Gasteiger partial charge is 0.453 e. The first kappa shape index (κ1) is 20.1. The standard InChI is InChI=1S/C19H20ClNO4S/c1-3-13-4-6-14(7-5-13)21-19(24)12(2)25-18(23)11-8-15(22)16-9-10-17(20)26-16/h4-7,9-10,12H,3,8,11H2,1-2H3,(H,21,24).